The molecule has 0 aliphatic heterocycles. The number of aromatic nitrogens is 4. The molecule has 0 unspecified atom stereocenters. The highest BCUT2D eigenvalue weighted by Gasteiger charge is 2.12. The van der Waals surface area contributed by atoms with E-state index in [2.05, 4.69) is 19.9 Å². The van der Waals surface area contributed by atoms with Gasteiger partial charge in [0.1, 0.15) is 6.33 Å². The van der Waals surface area contributed by atoms with Crippen LogP contribution in [-0.2, 0) is 0 Å². The number of hydrogen-bond acceptors (Lipinski definition) is 6. The van der Waals surface area contributed by atoms with E-state index in [0.717, 1.165) is 5.56 Å². The van der Waals surface area contributed by atoms with Gasteiger partial charge in [-0.1, -0.05) is 11.6 Å². The van der Waals surface area contributed by atoms with E-state index in [1.54, 1.807) is 12.4 Å². The lowest BCUT2D eigenvalue weighted by molar-refractivity contribution is 0.398. The van der Waals surface area contributed by atoms with Crippen LogP contribution in [-0.4, -0.2) is 27.0 Å². The van der Waals surface area contributed by atoms with Gasteiger partial charge < -0.3 is 4.74 Å². The predicted molar refractivity (Wildman–Crippen MR) is 64.5 cm³/mol. The fourth-order valence-electron chi connectivity index (χ4n) is 1.10. The van der Waals surface area contributed by atoms with Crippen LogP contribution in [0.15, 0.2) is 28.9 Å². The molecule has 0 fully saturated rings. The zero-order chi connectivity index (χ0) is 12.3. The summed E-state index contributed by atoms with van der Waals surface area (Å²) in [5.41, 5.74) is 1.00. The maximum Gasteiger partial charge on any atom is 0.194 e. The highest BCUT2D eigenvalue weighted by Crippen LogP contribution is 2.34. The summed E-state index contributed by atoms with van der Waals surface area (Å²) < 4.78 is 5.14. The Labute approximate surface area is 108 Å². The van der Waals surface area contributed by atoms with Crippen molar-refractivity contribution in [2.75, 3.05) is 7.11 Å². The maximum absolute atomic E-state index is 5.89. The molecule has 0 aliphatic carbocycles. The van der Waals surface area contributed by atoms with Crippen LogP contribution in [0, 0.1) is 6.92 Å². The van der Waals surface area contributed by atoms with Crippen molar-refractivity contribution < 1.29 is 4.74 Å². The maximum atomic E-state index is 5.89. The standard InChI is InChI=1S/C10H9ClN4OS/c1-6-3-12-10(13-4-6)17-9-7(16-2)8(11)14-5-15-9/h3-5H,1-2H3. The average Bonchev–Trinajstić information content (AvgIpc) is 2.32. The first kappa shape index (κ1) is 12.1. The summed E-state index contributed by atoms with van der Waals surface area (Å²) in [5, 5.41) is 1.46. The van der Waals surface area contributed by atoms with Gasteiger partial charge in [-0.3, -0.25) is 0 Å². The lowest BCUT2D eigenvalue weighted by Gasteiger charge is -2.06. The summed E-state index contributed by atoms with van der Waals surface area (Å²) >= 11 is 7.17. The molecule has 0 atom stereocenters. The lowest BCUT2D eigenvalue weighted by Crippen LogP contribution is -1.94. The quantitative estimate of drug-likeness (QED) is 0.629. The van der Waals surface area contributed by atoms with Gasteiger partial charge in [-0.25, -0.2) is 19.9 Å². The minimum Gasteiger partial charge on any atom is -0.491 e. The first-order valence-electron chi connectivity index (χ1n) is 4.71. The summed E-state index contributed by atoms with van der Waals surface area (Å²) in [6.07, 6.45) is 4.86. The van der Waals surface area contributed by atoms with Gasteiger partial charge in [0.15, 0.2) is 21.1 Å². The van der Waals surface area contributed by atoms with E-state index in [-0.39, 0.29) is 5.15 Å². The van der Waals surface area contributed by atoms with Crippen molar-refractivity contribution >= 4 is 23.4 Å². The molecule has 2 heterocycles. The third-order valence-electron chi connectivity index (χ3n) is 1.88. The van der Waals surface area contributed by atoms with Crippen molar-refractivity contribution in [2.24, 2.45) is 0 Å². The molecule has 0 aromatic carbocycles. The van der Waals surface area contributed by atoms with E-state index in [1.165, 1.54) is 25.2 Å². The summed E-state index contributed by atoms with van der Waals surface area (Å²) in [7, 11) is 1.52. The second-order valence-corrected chi connectivity index (χ2v) is 4.46. The van der Waals surface area contributed by atoms with Crippen LogP contribution in [0.3, 0.4) is 0 Å². The molecule has 2 aromatic heterocycles. The van der Waals surface area contributed by atoms with Crippen LogP contribution in [0.1, 0.15) is 5.56 Å². The van der Waals surface area contributed by atoms with E-state index < -0.39 is 0 Å². The van der Waals surface area contributed by atoms with E-state index in [1.807, 2.05) is 6.92 Å². The SMILES string of the molecule is COc1c(Cl)ncnc1Sc1ncc(C)cn1. The largest absolute Gasteiger partial charge is 0.491 e. The Bertz CT molecular complexity index is 520. The van der Waals surface area contributed by atoms with Crippen LogP contribution in [0.4, 0.5) is 0 Å². The zero-order valence-electron chi connectivity index (χ0n) is 9.22. The zero-order valence-corrected chi connectivity index (χ0v) is 10.8. The summed E-state index contributed by atoms with van der Waals surface area (Å²) in [5.74, 6) is 0.434. The molecule has 17 heavy (non-hydrogen) atoms. The lowest BCUT2D eigenvalue weighted by atomic mass is 10.4. The first-order valence-corrected chi connectivity index (χ1v) is 5.91. The highest BCUT2D eigenvalue weighted by molar-refractivity contribution is 7.99. The van der Waals surface area contributed by atoms with Crippen molar-refractivity contribution in [3.05, 3.63) is 29.4 Å². The number of nitrogens with zero attached hydrogens (tertiary/aromatic N) is 4. The molecule has 0 amide bonds. The number of aryl methyl sites for hydroxylation is 1. The fourth-order valence-corrected chi connectivity index (χ4v) is 2.12. The smallest absolute Gasteiger partial charge is 0.194 e. The Balaban J connectivity index is 2.29. The van der Waals surface area contributed by atoms with Crippen molar-refractivity contribution in [2.45, 2.75) is 17.1 Å². The third kappa shape index (κ3) is 2.83. The molecule has 0 saturated carbocycles. The van der Waals surface area contributed by atoms with Crippen molar-refractivity contribution in [1.82, 2.24) is 19.9 Å². The topological polar surface area (TPSA) is 60.8 Å². The van der Waals surface area contributed by atoms with Crippen LogP contribution in [0.25, 0.3) is 0 Å². The second-order valence-electron chi connectivity index (χ2n) is 3.15. The van der Waals surface area contributed by atoms with Crippen LogP contribution >= 0.6 is 23.4 Å². The van der Waals surface area contributed by atoms with Gasteiger partial charge in [-0.15, -0.1) is 0 Å². The Morgan fingerprint density at radius 1 is 1.18 bits per heavy atom. The van der Waals surface area contributed by atoms with Gasteiger partial charge in [0.25, 0.3) is 0 Å². The number of halogens is 1. The van der Waals surface area contributed by atoms with E-state index in [4.69, 9.17) is 16.3 Å². The Morgan fingerprint density at radius 3 is 2.53 bits per heavy atom. The Hall–Kier alpha value is -1.40. The number of hydrogen-bond donors (Lipinski definition) is 0. The van der Waals surface area contributed by atoms with E-state index in [9.17, 15) is 0 Å². The first-order chi connectivity index (χ1) is 8.20. The Morgan fingerprint density at radius 2 is 1.88 bits per heavy atom. The molecule has 0 N–H and O–H groups in total. The van der Waals surface area contributed by atoms with Gasteiger partial charge in [0.05, 0.1) is 7.11 Å². The number of ether oxygens (including phenoxy) is 1. The number of methoxy groups -OCH3 is 1. The molecule has 2 aromatic rings. The molecule has 0 saturated heterocycles. The van der Waals surface area contributed by atoms with Crippen LogP contribution in [0.5, 0.6) is 5.75 Å². The van der Waals surface area contributed by atoms with Gasteiger partial charge >= 0.3 is 0 Å². The normalized spacial score (nSPS) is 10.3. The molecule has 7 heteroatoms. The van der Waals surface area contributed by atoms with Crippen molar-refractivity contribution in [1.29, 1.82) is 0 Å². The molecule has 0 aliphatic rings. The Kier molecular flexibility index (Phi) is 3.75. The van der Waals surface area contributed by atoms with Crippen LogP contribution in [0.2, 0.25) is 5.15 Å². The molecule has 88 valence electrons. The molecule has 2 rings (SSSR count). The fraction of sp³-hybridized carbons (Fsp3) is 0.200. The monoisotopic (exact) mass is 268 g/mol. The molecular formula is C10H9ClN4OS. The highest BCUT2D eigenvalue weighted by atomic mass is 35.5. The van der Waals surface area contributed by atoms with E-state index >= 15 is 0 Å². The van der Waals surface area contributed by atoms with Crippen LogP contribution < -0.4 is 4.74 Å². The molecule has 5 nitrogen and oxygen atoms in total. The second kappa shape index (κ2) is 5.29. The van der Waals surface area contributed by atoms with Crippen molar-refractivity contribution in [3.63, 3.8) is 0 Å². The summed E-state index contributed by atoms with van der Waals surface area (Å²) in [6, 6.07) is 0. The summed E-state index contributed by atoms with van der Waals surface area (Å²) in [6.45, 7) is 1.93. The predicted octanol–water partition coefficient (Wildman–Crippen LogP) is 2.39. The molecular weight excluding hydrogens is 260 g/mol. The van der Waals surface area contributed by atoms with Gasteiger partial charge in [-0.05, 0) is 24.2 Å². The summed E-state index contributed by atoms with van der Waals surface area (Å²) in [4.78, 5) is 16.3. The van der Waals surface area contributed by atoms with Crippen molar-refractivity contribution in [3.8, 4) is 5.75 Å². The van der Waals surface area contributed by atoms with Gasteiger partial charge in [0.2, 0.25) is 0 Å². The molecule has 0 radical (unpaired) electrons. The minimum absolute atomic E-state index is 0.275. The van der Waals surface area contributed by atoms with Gasteiger partial charge in [-0.2, -0.15) is 0 Å². The van der Waals surface area contributed by atoms with E-state index in [0.29, 0.717) is 15.9 Å². The minimum atomic E-state index is 0.275. The molecule has 0 bridgehead atoms. The molecule has 0 spiro atoms. The average molecular weight is 269 g/mol. The number of rotatable bonds is 3. The third-order valence-corrected chi connectivity index (χ3v) is 3.02. The van der Waals surface area contributed by atoms with Gasteiger partial charge in [0, 0.05) is 12.4 Å².